The van der Waals surface area contributed by atoms with Gasteiger partial charge in [-0.1, -0.05) is 12.1 Å². The topological polar surface area (TPSA) is 71.5 Å². The van der Waals surface area contributed by atoms with Gasteiger partial charge in [0.05, 0.1) is 12.7 Å². The van der Waals surface area contributed by atoms with Crippen LogP contribution in [-0.2, 0) is 4.79 Å². The molecule has 0 atom stereocenters. The Hall–Kier alpha value is -2.41. The number of benzene rings is 1. The van der Waals surface area contributed by atoms with Crippen molar-refractivity contribution >= 4 is 33.6 Å². The molecule has 0 radical (unpaired) electrons. The van der Waals surface area contributed by atoms with Crippen molar-refractivity contribution in [2.45, 2.75) is 12.8 Å². The minimum atomic E-state index is -0.123. The first kappa shape index (κ1) is 18.4. The number of anilines is 1. The summed E-state index contributed by atoms with van der Waals surface area (Å²) in [5, 5.41) is 2.84. The van der Waals surface area contributed by atoms with Gasteiger partial charge in [0.15, 0.2) is 0 Å². The number of carbonyl (C=O) groups is 2. The van der Waals surface area contributed by atoms with Crippen molar-refractivity contribution in [3.63, 3.8) is 0 Å². The van der Waals surface area contributed by atoms with E-state index in [2.05, 4.69) is 26.2 Å². The number of carbonyl (C=O) groups excluding carboxylic acids is 2. The number of halogens is 1. The Kier molecular flexibility index (Phi) is 5.88. The van der Waals surface area contributed by atoms with E-state index in [1.54, 1.807) is 36.4 Å². The Morgan fingerprint density at radius 3 is 2.58 bits per heavy atom. The third kappa shape index (κ3) is 4.22. The number of nitrogens with zero attached hydrogens (tertiary/aromatic N) is 2. The fourth-order valence-corrected chi connectivity index (χ4v) is 3.25. The summed E-state index contributed by atoms with van der Waals surface area (Å²) >= 11 is 3.32. The molecule has 26 heavy (non-hydrogen) atoms. The average Bonchev–Trinajstić information content (AvgIpc) is 2.69. The summed E-state index contributed by atoms with van der Waals surface area (Å²) in [4.78, 5) is 31.1. The van der Waals surface area contributed by atoms with E-state index in [9.17, 15) is 9.59 Å². The number of pyridine rings is 1. The number of rotatable bonds is 4. The molecule has 1 aromatic heterocycles. The van der Waals surface area contributed by atoms with Crippen LogP contribution in [0.5, 0.6) is 5.75 Å². The lowest BCUT2D eigenvalue weighted by atomic mass is 9.95. The van der Waals surface area contributed by atoms with Gasteiger partial charge in [0.2, 0.25) is 5.91 Å². The van der Waals surface area contributed by atoms with E-state index in [0.717, 1.165) is 4.47 Å². The second-order valence-corrected chi connectivity index (χ2v) is 7.03. The number of aromatic nitrogens is 1. The van der Waals surface area contributed by atoms with Crippen molar-refractivity contribution in [3.8, 4) is 5.75 Å². The lowest BCUT2D eigenvalue weighted by Crippen LogP contribution is -2.41. The van der Waals surface area contributed by atoms with Crippen molar-refractivity contribution in [1.29, 1.82) is 0 Å². The lowest BCUT2D eigenvalue weighted by molar-refractivity contribution is -0.121. The van der Waals surface area contributed by atoms with Crippen molar-refractivity contribution in [3.05, 3.63) is 52.6 Å². The highest BCUT2D eigenvalue weighted by atomic mass is 79.9. The maximum absolute atomic E-state index is 12.7. The molecular weight excluding hydrogens is 398 g/mol. The van der Waals surface area contributed by atoms with Crippen LogP contribution >= 0.6 is 15.9 Å². The van der Waals surface area contributed by atoms with Crippen molar-refractivity contribution < 1.29 is 14.3 Å². The maximum Gasteiger partial charge on any atom is 0.257 e. The van der Waals surface area contributed by atoms with Crippen LogP contribution in [0, 0.1) is 5.92 Å². The highest BCUT2D eigenvalue weighted by molar-refractivity contribution is 9.10. The van der Waals surface area contributed by atoms with Gasteiger partial charge < -0.3 is 15.0 Å². The van der Waals surface area contributed by atoms with Gasteiger partial charge in [-0.05, 0) is 53.0 Å². The second-order valence-electron chi connectivity index (χ2n) is 6.12. The molecule has 7 heteroatoms. The second kappa shape index (κ2) is 8.31. The molecule has 0 saturated carbocycles. The van der Waals surface area contributed by atoms with E-state index in [0.29, 0.717) is 43.1 Å². The standard InChI is InChI=1S/C19H20BrN3O3/c1-26-16-5-3-2-4-15(16)19(25)23-10-8-13(9-11-23)18(24)22-17-7-6-14(20)12-21-17/h2-7,12-13H,8-11H2,1H3,(H,21,22,24). The van der Waals surface area contributed by atoms with Crippen LogP contribution in [0.3, 0.4) is 0 Å². The minimum absolute atomic E-state index is 0.0517. The van der Waals surface area contributed by atoms with Gasteiger partial charge in [-0.2, -0.15) is 0 Å². The number of likely N-dealkylation sites (tertiary alicyclic amines) is 1. The molecule has 1 aromatic carbocycles. The van der Waals surface area contributed by atoms with E-state index < -0.39 is 0 Å². The molecule has 3 rings (SSSR count). The normalized spacial score (nSPS) is 14.8. The Morgan fingerprint density at radius 2 is 1.92 bits per heavy atom. The van der Waals surface area contributed by atoms with Crippen molar-refractivity contribution in [1.82, 2.24) is 9.88 Å². The summed E-state index contributed by atoms with van der Waals surface area (Å²) in [6.07, 6.45) is 2.90. The van der Waals surface area contributed by atoms with Crippen LogP contribution in [0.25, 0.3) is 0 Å². The molecule has 136 valence electrons. The highest BCUT2D eigenvalue weighted by Crippen LogP contribution is 2.24. The molecule has 0 unspecified atom stereocenters. The van der Waals surface area contributed by atoms with E-state index in [1.165, 1.54) is 0 Å². The molecule has 6 nitrogen and oxygen atoms in total. The predicted octanol–water partition coefficient (Wildman–Crippen LogP) is 3.34. The predicted molar refractivity (Wildman–Crippen MR) is 102 cm³/mol. The molecule has 2 aromatic rings. The minimum Gasteiger partial charge on any atom is -0.496 e. The molecule has 2 amide bonds. The molecule has 1 N–H and O–H groups in total. The Morgan fingerprint density at radius 1 is 1.19 bits per heavy atom. The summed E-state index contributed by atoms with van der Waals surface area (Å²) < 4.78 is 6.13. The zero-order chi connectivity index (χ0) is 18.5. The fraction of sp³-hybridized carbons (Fsp3) is 0.316. The quantitative estimate of drug-likeness (QED) is 0.827. The van der Waals surface area contributed by atoms with Crippen LogP contribution in [0.2, 0.25) is 0 Å². The van der Waals surface area contributed by atoms with Gasteiger partial charge in [0.1, 0.15) is 11.6 Å². The molecule has 1 aliphatic heterocycles. The SMILES string of the molecule is COc1ccccc1C(=O)N1CCC(C(=O)Nc2ccc(Br)cn2)CC1. The number of nitrogens with one attached hydrogen (secondary N) is 1. The largest absolute Gasteiger partial charge is 0.496 e. The zero-order valence-electron chi connectivity index (χ0n) is 14.4. The van der Waals surface area contributed by atoms with E-state index in [1.807, 2.05) is 18.2 Å². The Balaban J connectivity index is 1.57. The smallest absolute Gasteiger partial charge is 0.257 e. The van der Waals surface area contributed by atoms with Gasteiger partial charge >= 0.3 is 0 Å². The van der Waals surface area contributed by atoms with E-state index >= 15 is 0 Å². The number of para-hydroxylation sites is 1. The number of amides is 2. The third-order valence-corrected chi connectivity index (χ3v) is 4.94. The third-order valence-electron chi connectivity index (χ3n) is 4.47. The lowest BCUT2D eigenvalue weighted by Gasteiger charge is -2.31. The molecule has 0 aliphatic carbocycles. The maximum atomic E-state index is 12.7. The van der Waals surface area contributed by atoms with Crippen LogP contribution < -0.4 is 10.1 Å². The monoisotopic (exact) mass is 417 g/mol. The van der Waals surface area contributed by atoms with Gasteiger partial charge in [0, 0.05) is 29.7 Å². The molecule has 1 saturated heterocycles. The van der Waals surface area contributed by atoms with Gasteiger partial charge in [-0.25, -0.2) is 4.98 Å². The van der Waals surface area contributed by atoms with Gasteiger partial charge in [-0.15, -0.1) is 0 Å². The molecular formula is C19H20BrN3O3. The molecule has 2 heterocycles. The summed E-state index contributed by atoms with van der Waals surface area (Å²) in [6.45, 7) is 1.09. The first-order valence-electron chi connectivity index (χ1n) is 8.43. The Labute approximate surface area is 160 Å². The average molecular weight is 418 g/mol. The number of piperidine rings is 1. The molecule has 0 bridgehead atoms. The highest BCUT2D eigenvalue weighted by Gasteiger charge is 2.29. The molecule has 1 aliphatic rings. The first-order valence-corrected chi connectivity index (χ1v) is 9.22. The van der Waals surface area contributed by atoms with Crippen LogP contribution in [0.4, 0.5) is 5.82 Å². The van der Waals surface area contributed by atoms with E-state index in [4.69, 9.17) is 4.74 Å². The van der Waals surface area contributed by atoms with Crippen LogP contribution in [-0.4, -0.2) is 41.9 Å². The zero-order valence-corrected chi connectivity index (χ0v) is 16.0. The van der Waals surface area contributed by atoms with Crippen molar-refractivity contribution in [2.75, 3.05) is 25.5 Å². The number of methoxy groups -OCH3 is 1. The fourth-order valence-electron chi connectivity index (χ4n) is 3.01. The number of hydrogen-bond acceptors (Lipinski definition) is 4. The number of hydrogen-bond donors (Lipinski definition) is 1. The van der Waals surface area contributed by atoms with Crippen LogP contribution in [0.15, 0.2) is 47.1 Å². The van der Waals surface area contributed by atoms with Gasteiger partial charge in [-0.3, -0.25) is 9.59 Å². The van der Waals surface area contributed by atoms with E-state index in [-0.39, 0.29) is 17.7 Å². The molecule has 1 fully saturated rings. The van der Waals surface area contributed by atoms with Crippen LogP contribution in [0.1, 0.15) is 23.2 Å². The Bertz CT molecular complexity index is 787. The molecule has 0 spiro atoms. The summed E-state index contributed by atoms with van der Waals surface area (Å²) in [5.41, 5.74) is 0.553. The summed E-state index contributed by atoms with van der Waals surface area (Å²) in [5.74, 6) is 0.867. The summed E-state index contributed by atoms with van der Waals surface area (Å²) in [7, 11) is 1.55. The number of ether oxygens (including phenoxy) is 1. The first-order chi connectivity index (χ1) is 12.6. The van der Waals surface area contributed by atoms with Crippen molar-refractivity contribution in [2.24, 2.45) is 5.92 Å². The summed E-state index contributed by atoms with van der Waals surface area (Å²) in [6, 6.07) is 10.8. The van der Waals surface area contributed by atoms with Gasteiger partial charge in [0.25, 0.3) is 5.91 Å².